The van der Waals surface area contributed by atoms with Gasteiger partial charge in [0.05, 0.1) is 13.7 Å². The zero-order valence-electron chi connectivity index (χ0n) is 12.1. The first-order valence-corrected chi connectivity index (χ1v) is 7.40. The van der Waals surface area contributed by atoms with Gasteiger partial charge in [0.1, 0.15) is 10.6 Å². The molecular formula is C15H18N2O3S. The van der Waals surface area contributed by atoms with E-state index < -0.39 is 0 Å². The van der Waals surface area contributed by atoms with Gasteiger partial charge < -0.3 is 14.7 Å². The van der Waals surface area contributed by atoms with Crippen molar-refractivity contribution in [1.82, 2.24) is 9.88 Å². The molecular weight excluding hydrogens is 288 g/mol. The minimum atomic E-state index is -0.136. The molecule has 5 nitrogen and oxygen atoms in total. The van der Waals surface area contributed by atoms with Crippen LogP contribution in [-0.2, 0) is 6.54 Å². The average molecular weight is 306 g/mol. The number of pyridine rings is 1. The van der Waals surface area contributed by atoms with Crippen molar-refractivity contribution < 1.29 is 14.6 Å². The number of aliphatic hydroxyl groups is 1. The number of methoxy groups -OCH3 is 1. The maximum Gasteiger partial charge on any atom is 0.268 e. The van der Waals surface area contributed by atoms with Crippen LogP contribution in [0.3, 0.4) is 0 Å². The SMILES string of the molecule is COc1cc(C)sc1C(=O)N(CCO)Cc1cccnc1. The molecule has 2 aromatic rings. The van der Waals surface area contributed by atoms with E-state index in [2.05, 4.69) is 4.98 Å². The molecule has 21 heavy (non-hydrogen) atoms. The molecule has 0 aliphatic rings. The number of amides is 1. The van der Waals surface area contributed by atoms with Crippen molar-refractivity contribution in [3.05, 3.63) is 45.9 Å². The zero-order valence-corrected chi connectivity index (χ0v) is 12.9. The highest BCUT2D eigenvalue weighted by Gasteiger charge is 2.22. The smallest absolute Gasteiger partial charge is 0.268 e. The Morgan fingerprint density at radius 3 is 2.95 bits per heavy atom. The summed E-state index contributed by atoms with van der Waals surface area (Å²) in [5.41, 5.74) is 0.923. The number of aromatic nitrogens is 1. The molecule has 0 unspecified atom stereocenters. The zero-order chi connectivity index (χ0) is 15.2. The summed E-state index contributed by atoms with van der Waals surface area (Å²) in [6, 6.07) is 5.58. The molecule has 6 heteroatoms. The molecule has 0 aromatic carbocycles. The summed E-state index contributed by atoms with van der Waals surface area (Å²) < 4.78 is 5.25. The number of ether oxygens (including phenoxy) is 1. The van der Waals surface area contributed by atoms with E-state index >= 15 is 0 Å². The quantitative estimate of drug-likeness (QED) is 0.887. The van der Waals surface area contributed by atoms with Gasteiger partial charge in [0.25, 0.3) is 5.91 Å². The normalized spacial score (nSPS) is 10.4. The van der Waals surface area contributed by atoms with E-state index in [-0.39, 0.29) is 19.1 Å². The van der Waals surface area contributed by atoms with E-state index in [4.69, 9.17) is 4.74 Å². The molecule has 2 heterocycles. The average Bonchev–Trinajstić information content (AvgIpc) is 2.88. The number of aryl methyl sites for hydroxylation is 1. The Bertz CT molecular complexity index is 598. The standard InChI is InChI=1S/C15H18N2O3S/c1-11-8-13(20-2)14(21-11)15(19)17(6-7-18)10-12-4-3-5-16-9-12/h3-5,8-9,18H,6-7,10H2,1-2H3. The fraction of sp³-hybridized carbons (Fsp3) is 0.333. The summed E-state index contributed by atoms with van der Waals surface area (Å²) in [7, 11) is 1.55. The van der Waals surface area contributed by atoms with Gasteiger partial charge in [-0.3, -0.25) is 9.78 Å². The van der Waals surface area contributed by atoms with Crippen LogP contribution in [0.5, 0.6) is 5.75 Å². The molecule has 0 saturated carbocycles. The van der Waals surface area contributed by atoms with Crippen molar-refractivity contribution in [2.45, 2.75) is 13.5 Å². The Balaban J connectivity index is 2.22. The summed E-state index contributed by atoms with van der Waals surface area (Å²) in [4.78, 5) is 19.9. The lowest BCUT2D eigenvalue weighted by atomic mass is 10.2. The van der Waals surface area contributed by atoms with Crippen LogP contribution in [0.1, 0.15) is 20.1 Å². The monoisotopic (exact) mass is 306 g/mol. The molecule has 0 atom stereocenters. The van der Waals surface area contributed by atoms with Crippen molar-refractivity contribution >= 4 is 17.2 Å². The maximum atomic E-state index is 12.7. The second kappa shape index (κ2) is 7.19. The fourth-order valence-electron chi connectivity index (χ4n) is 2.02. The molecule has 2 rings (SSSR count). The lowest BCUT2D eigenvalue weighted by molar-refractivity contribution is 0.0709. The second-order valence-electron chi connectivity index (χ2n) is 4.57. The Morgan fingerprint density at radius 1 is 1.52 bits per heavy atom. The van der Waals surface area contributed by atoms with Crippen LogP contribution in [0.4, 0.5) is 0 Å². The van der Waals surface area contributed by atoms with Gasteiger partial charge in [-0.05, 0) is 24.6 Å². The van der Waals surface area contributed by atoms with Crippen molar-refractivity contribution in [3.63, 3.8) is 0 Å². The van der Waals surface area contributed by atoms with Crippen LogP contribution in [0.15, 0.2) is 30.6 Å². The van der Waals surface area contributed by atoms with Gasteiger partial charge in [0, 0.05) is 30.4 Å². The molecule has 0 aliphatic heterocycles. The van der Waals surface area contributed by atoms with Gasteiger partial charge in [0.15, 0.2) is 0 Å². The molecule has 1 amide bonds. The number of aliphatic hydroxyl groups excluding tert-OH is 1. The summed E-state index contributed by atoms with van der Waals surface area (Å²) in [5.74, 6) is 0.444. The summed E-state index contributed by atoms with van der Waals surface area (Å²) in [6.07, 6.45) is 3.40. The third-order valence-electron chi connectivity index (χ3n) is 2.99. The topological polar surface area (TPSA) is 62.7 Å². The predicted octanol–water partition coefficient (Wildman–Crippen LogP) is 2.09. The highest BCUT2D eigenvalue weighted by molar-refractivity contribution is 7.14. The van der Waals surface area contributed by atoms with Crippen LogP contribution in [-0.4, -0.2) is 41.2 Å². The largest absolute Gasteiger partial charge is 0.495 e. The van der Waals surface area contributed by atoms with E-state index in [0.717, 1.165) is 10.4 Å². The first-order valence-electron chi connectivity index (χ1n) is 6.59. The summed E-state index contributed by atoms with van der Waals surface area (Å²) in [6.45, 7) is 2.53. The molecule has 0 bridgehead atoms. The number of nitrogens with zero attached hydrogens (tertiary/aromatic N) is 2. The molecule has 112 valence electrons. The second-order valence-corrected chi connectivity index (χ2v) is 5.82. The highest BCUT2D eigenvalue weighted by Crippen LogP contribution is 2.30. The Labute approximate surface area is 127 Å². The number of carbonyl (C=O) groups excluding carboxylic acids is 1. The van der Waals surface area contributed by atoms with Gasteiger partial charge in [-0.2, -0.15) is 0 Å². The first kappa shape index (κ1) is 15.5. The van der Waals surface area contributed by atoms with E-state index in [0.29, 0.717) is 17.2 Å². The molecule has 0 aliphatic carbocycles. The molecule has 1 N–H and O–H groups in total. The number of hydrogen-bond acceptors (Lipinski definition) is 5. The van der Waals surface area contributed by atoms with Gasteiger partial charge in [-0.15, -0.1) is 11.3 Å². The third-order valence-corrected chi connectivity index (χ3v) is 4.01. The molecule has 0 radical (unpaired) electrons. The van der Waals surface area contributed by atoms with Crippen LogP contribution in [0.2, 0.25) is 0 Å². The number of thiophene rings is 1. The van der Waals surface area contributed by atoms with E-state index in [1.54, 1.807) is 24.4 Å². The third kappa shape index (κ3) is 3.80. The van der Waals surface area contributed by atoms with Gasteiger partial charge in [-0.25, -0.2) is 0 Å². The van der Waals surface area contributed by atoms with E-state index in [1.165, 1.54) is 11.3 Å². The Morgan fingerprint density at radius 2 is 2.33 bits per heavy atom. The highest BCUT2D eigenvalue weighted by atomic mass is 32.1. The molecule has 0 fully saturated rings. The Hall–Kier alpha value is -1.92. The fourth-order valence-corrected chi connectivity index (χ4v) is 2.97. The first-order chi connectivity index (χ1) is 10.2. The van der Waals surface area contributed by atoms with E-state index in [1.807, 2.05) is 25.1 Å². The van der Waals surface area contributed by atoms with Gasteiger partial charge >= 0.3 is 0 Å². The molecule has 0 spiro atoms. The minimum Gasteiger partial charge on any atom is -0.495 e. The number of carbonyl (C=O) groups is 1. The van der Waals surface area contributed by atoms with Crippen LogP contribution >= 0.6 is 11.3 Å². The minimum absolute atomic E-state index is 0.0846. The predicted molar refractivity (Wildman–Crippen MR) is 81.7 cm³/mol. The lowest BCUT2D eigenvalue weighted by Crippen LogP contribution is -2.32. The van der Waals surface area contributed by atoms with E-state index in [9.17, 15) is 9.90 Å². The number of rotatable bonds is 6. The van der Waals surface area contributed by atoms with Crippen LogP contribution in [0.25, 0.3) is 0 Å². The van der Waals surface area contributed by atoms with Gasteiger partial charge in [-0.1, -0.05) is 6.07 Å². The van der Waals surface area contributed by atoms with Crippen molar-refractivity contribution in [1.29, 1.82) is 0 Å². The maximum absolute atomic E-state index is 12.7. The van der Waals surface area contributed by atoms with Crippen molar-refractivity contribution in [2.24, 2.45) is 0 Å². The van der Waals surface area contributed by atoms with Crippen LogP contribution in [0, 0.1) is 6.92 Å². The van der Waals surface area contributed by atoms with Gasteiger partial charge in [0.2, 0.25) is 0 Å². The van der Waals surface area contributed by atoms with Crippen molar-refractivity contribution in [3.8, 4) is 5.75 Å². The van der Waals surface area contributed by atoms with Crippen LogP contribution < -0.4 is 4.74 Å². The molecule has 0 saturated heterocycles. The molecule has 2 aromatic heterocycles. The number of hydrogen-bond donors (Lipinski definition) is 1. The van der Waals surface area contributed by atoms with Crippen molar-refractivity contribution in [2.75, 3.05) is 20.3 Å². The summed E-state index contributed by atoms with van der Waals surface area (Å²) >= 11 is 1.40. The summed E-state index contributed by atoms with van der Waals surface area (Å²) in [5, 5.41) is 9.20. The Kier molecular flexibility index (Phi) is 5.30. The lowest BCUT2D eigenvalue weighted by Gasteiger charge is -2.21.